The number of aliphatic hydroxyl groups is 3. The summed E-state index contributed by atoms with van der Waals surface area (Å²) in [5.41, 5.74) is 0.501. The van der Waals surface area contributed by atoms with Gasteiger partial charge >= 0.3 is 6.03 Å². The van der Waals surface area contributed by atoms with Gasteiger partial charge in [0, 0.05) is 11.8 Å². The van der Waals surface area contributed by atoms with Crippen LogP contribution in [-0.2, 0) is 9.47 Å². The third-order valence-electron chi connectivity index (χ3n) is 3.06. The zero-order valence-electron chi connectivity index (χ0n) is 9.16. The van der Waals surface area contributed by atoms with Crippen molar-refractivity contribution in [2.24, 2.45) is 0 Å². The Kier molecular flexibility index (Phi) is 2.44. The number of carbonyl (C=O) groups is 1. The molecule has 18 heavy (non-hydrogen) atoms. The molecule has 2 amide bonds. The Morgan fingerprint density at radius 2 is 2.17 bits per heavy atom. The molecule has 3 aliphatic heterocycles. The van der Waals surface area contributed by atoms with Crippen LogP contribution in [0.4, 0.5) is 4.79 Å². The molecule has 4 atom stereocenters. The highest BCUT2D eigenvalue weighted by Gasteiger charge is 2.51. The highest BCUT2D eigenvalue weighted by atomic mass is 16.6. The van der Waals surface area contributed by atoms with Crippen LogP contribution in [0.1, 0.15) is 0 Å². The fraction of sp³-hybridized carbons (Fsp3) is 0.500. The van der Waals surface area contributed by atoms with E-state index in [1.54, 1.807) is 0 Å². The number of fused-ring (bicyclic) bond motifs is 1. The third-order valence-corrected chi connectivity index (χ3v) is 3.06. The molecule has 8 nitrogen and oxygen atoms in total. The van der Waals surface area contributed by atoms with E-state index in [4.69, 9.17) is 14.6 Å². The largest absolute Gasteiger partial charge is 0.506 e. The lowest BCUT2D eigenvalue weighted by molar-refractivity contribution is 0.0516. The second kappa shape index (κ2) is 3.87. The van der Waals surface area contributed by atoms with E-state index in [9.17, 15) is 15.0 Å². The van der Waals surface area contributed by atoms with Gasteiger partial charge in [0.1, 0.15) is 12.7 Å². The highest BCUT2D eigenvalue weighted by Crippen LogP contribution is 2.37. The molecule has 0 radical (unpaired) electrons. The number of amides is 2. The zero-order chi connectivity index (χ0) is 12.9. The SMILES string of the molecule is O=C1NC=C([C@@H]2OC(CO)=C(O)C2O)C2OC2N1. The summed E-state index contributed by atoms with van der Waals surface area (Å²) in [5, 5.41) is 33.3. The quantitative estimate of drug-likeness (QED) is 0.380. The summed E-state index contributed by atoms with van der Waals surface area (Å²) in [6.07, 6.45) is -1.61. The molecule has 0 spiro atoms. The van der Waals surface area contributed by atoms with Gasteiger partial charge in [-0.3, -0.25) is 0 Å². The fourth-order valence-corrected chi connectivity index (χ4v) is 2.08. The van der Waals surface area contributed by atoms with Gasteiger partial charge in [0.05, 0.1) is 0 Å². The van der Waals surface area contributed by atoms with Crippen molar-refractivity contribution < 1.29 is 29.6 Å². The topological polar surface area (TPSA) is 124 Å². The lowest BCUT2D eigenvalue weighted by Gasteiger charge is -2.17. The molecule has 0 aromatic carbocycles. The van der Waals surface area contributed by atoms with Crippen LogP contribution in [0.2, 0.25) is 0 Å². The van der Waals surface area contributed by atoms with Gasteiger partial charge < -0.3 is 35.4 Å². The van der Waals surface area contributed by atoms with Crippen molar-refractivity contribution >= 4 is 6.03 Å². The summed E-state index contributed by atoms with van der Waals surface area (Å²) in [6, 6.07) is -0.412. The van der Waals surface area contributed by atoms with Gasteiger partial charge in [-0.05, 0) is 0 Å². The van der Waals surface area contributed by atoms with Crippen molar-refractivity contribution in [2.45, 2.75) is 24.5 Å². The summed E-state index contributed by atoms with van der Waals surface area (Å²) in [4.78, 5) is 11.2. The van der Waals surface area contributed by atoms with Crippen molar-refractivity contribution in [3.8, 4) is 0 Å². The standard InChI is InChI=1S/C10H12N2O6/c13-2-4-5(14)6(15)7(17-4)3-1-11-10(16)12-9-8(3)18-9/h1,6-9,13-15H,2H2,(H2,11,12,16)/t6?,7-,8?,9?/m0/s1. The fourth-order valence-electron chi connectivity index (χ4n) is 2.08. The van der Waals surface area contributed by atoms with E-state index in [1.807, 2.05) is 0 Å². The molecule has 0 aromatic rings. The minimum Gasteiger partial charge on any atom is -0.506 e. The van der Waals surface area contributed by atoms with E-state index in [0.29, 0.717) is 5.57 Å². The maximum Gasteiger partial charge on any atom is 0.320 e. The van der Waals surface area contributed by atoms with Crippen LogP contribution in [0.15, 0.2) is 23.3 Å². The van der Waals surface area contributed by atoms with E-state index in [2.05, 4.69) is 10.6 Å². The molecule has 0 aromatic heterocycles. The summed E-state index contributed by atoms with van der Waals surface area (Å²) < 4.78 is 10.5. The second-order valence-corrected chi connectivity index (χ2v) is 4.19. The van der Waals surface area contributed by atoms with Crippen LogP contribution in [0.25, 0.3) is 0 Å². The number of aliphatic hydroxyl groups excluding tert-OH is 3. The summed E-state index contributed by atoms with van der Waals surface area (Å²) in [7, 11) is 0. The minimum absolute atomic E-state index is 0.0749. The summed E-state index contributed by atoms with van der Waals surface area (Å²) in [6.45, 7) is -0.508. The molecule has 0 saturated carbocycles. The lowest BCUT2D eigenvalue weighted by Crippen LogP contribution is -2.33. The van der Waals surface area contributed by atoms with Crippen molar-refractivity contribution in [1.82, 2.24) is 10.6 Å². The molecule has 3 rings (SSSR count). The normalized spacial score (nSPS) is 38.1. The molecule has 1 saturated heterocycles. The molecule has 5 N–H and O–H groups in total. The van der Waals surface area contributed by atoms with Crippen molar-refractivity contribution in [1.29, 1.82) is 0 Å². The average Bonchev–Trinajstić information content (AvgIpc) is 3.05. The predicted octanol–water partition coefficient (Wildman–Crippen LogP) is -1.57. The van der Waals surface area contributed by atoms with Gasteiger partial charge in [0.2, 0.25) is 0 Å². The number of ether oxygens (including phenoxy) is 2. The van der Waals surface area contributed by atoms with Crippen LogP contribution in [-0.4, -0.2) is 52.5 Å². The highest BCUT2D eigenvalue weighted by molar-refractivity contribution is 5.76. The lowest BCUT2D eigenvalue weighted by atomic mass is 10.0. The molecule has 98 valence electrons. The van der Waals surface area contributed by atoms with Crippen LogP contribution in [0.3, 0.4) is 0 Å². The minimum atomic E-state index is -1.28. The molecule has 3 unspecified atom stereocenters. The second-order valence-electron chi connectivity index (χ2n) is 4.19. The third kappa shape index (κ3) is 1.62. The van der Waals surface area contributed by atoms with Crippen molar-refractivity contribution in [2.75, 3.05) is 6.61 Å². The monoisotopic (exact) mass is 256 g/mol. The summed E-state index contributed by atoms with van der Waals surface area (Å²) in [5.74, 6) is -0.474. The number of carbonyl (C=O) groups excluding carboxylic acids is 1. The Morgan fingerprint density at radius 1 is 1.39 bits per heavy atom. The molecule has 1 fully saturated rings. The van der Waals surface area contributed by atoms with Gasteiger partial charge in [-0.25, -0.2) is 4.79 Å². The zero-order valence-corrected chi connectivity index (χ0v) is 9.16. The first-order valence-corrected chi connectivity index (χ1v) is 5.42. The van der Waals surface area contributed by atoms with Gasteiger partial charge in [0.15, 0.2) is 30.0 Å². The van der Waals surface area contributed by atoms with E-state index >= 15 is 0 Å². The van der Waals surface area contributed by atoms with Crippen molar-refractivity contribution in [3.63, 3.8) is 0 Å². The Hall–Kier alpha value is -1.77. The number of epoxide rings is 1. The first-order valence-electron chi connectivity index (χ1n) is 5.42. The number of hydrogen-bond donors (Lipinski definition) is 5. The van der Waals surface area contributed by atoms with E-state index in [-0.39, 0.29) is 5.76 Å². The molecule has 8 heteroatoms. The average molecular weight is 256 g/mol. The number of hydrogen-bond acceptors (Lipinski definition) is 6. The Balaban J connectivity index is 1.82. The molecular formula is C10H12N2O6. The summed E-state index contributed by atoms with van der Waals surface area (Å²) >= 11 is 0. The molecule has 0 aliphatic carbocycles. The molecule has 0 bridgehead atoms. The first kappa shape index (κ1) is 11.3. The van der Waals surface area contributed by atoms with E-state index < -0.39 is 42.9 Å². The maximum absolute atomic E-state index is 11.2. The smallest absolute Gasteiger partial charge is 0.320 e. The maximum atomic E-state index is 11.2. The van der Waals surface area contributed by atoms with Gasteiger partial charge in [-0.2, -0.15) is 0 Å². The molecular weight excluding hydrogens is 244 g/mol. The predicted molar refractivity (Wildman–Crippen MR) is 56.0 cm³/mol. The van der Waals surface area contributed by atoms with Crippen LogP contribution >= 0.6 is 0 Å². The first-order chi connectivity index (χ1) is 8.61. The Morgan fingerprint density at radius 3 is 2.83 bits per heavy atom. The van der Waals surface area contributed by atoms with E-state index in [1.165, 1.54) is 6.20 Å². The van der Waals surface area contributed by atoms with Gasteiger partial charge in [-0.1, -0.05) is 0 Å². The van der Waals surface area contributed by atoms with Gasteiger partial charge in [0.25, 0.3) is 0 Å². The van der Waals surface area contributed by atoms with Crippen molar-refractivity contribution in [3.05, 3.63) is 23.3 Å². The number of rotatable bonds is 2. The number of nitrogens with one attached hydrogen (secondary N) is 2. The van der Waals surface area contributed by atoms with Crippen LogP contribution < -0.4 is 10.6 Å². The Bertz CT molecular complexity index is 459. The van der Waals surface area contributed by atoms with E-state index in [0.717, 1.165) is 0 Å². The Labute approximate surface area is 101 Å². The van der Waals surface area contributed by atoms with Gasteiger partial charge in [-0.15, -0.1) is 0 Å². The molecule has 3 aliphatic rings. The van der Waals surface area contributed by atoms with Crippen LogP contribution in [0, 0.1) is 0 Å². The molecule has 3 heterocycles. The van der Waals surface area contributed by atoms with Crippen LogP contribution in [0.5, 0.6) is 0 Å². The number of urea groups is 1.